The maximum absolute atomic E-state index is 5.90. The molecule has 1 heterocycles. The van der Waals surface area contributed by atoms with Gasteiger partial charge < -0.3 is 4.57 Å². The number of aromatic nitrogens is 2. The molecular weight excluding hydrogens is 315 g/mol. The first-order chi connectivity index (χ1) is 10.3. The van der Waals surface area contributed by atoms with E-state index in [-0.39, 0.29) is 12.4 Å². The van der Waals surface area contributed by atoms with Crippen LogP contribution in [0.3, 0.4) is 0 Å². The number of hydrogen-bond donors (Lipinski definition) is 0. The molecule has 0 saturated heterocycles. The van der Waals surface area contributed by atoms with Crippen molar-refractivity contribution in [2.75, 3.05) is 0 Å². The van der Waals surface area contributed by atoms with Crippen LogP contribution in [-0.2, 0) is 6.54 Å². The van der Waals surface area contributed by atoms with Crippen molar-refractivity contribution in [3.8, 4) is 0 Å². The summed E-state index contributed by atoms with van der Waals surface area (Å²) in [6.45, 7) is 4.56. The number of nitrogens with zero attached hydrogens (tertiary/aromatic N) is 2. The van der Waals surface area contributed by atoms with E-state index in [4.69, 9.17) is 11.6 Å². The summed E-state index contributed by atoms with van der Waals surface area (Å²) in [7, 11) is 0. The molecule has 0 radical (unpaired) electrons. The summed E-state index contributed by atoms with van der Waals surface area (Å²) in [5, 5.41) is 0.742. The Kier molecular flexibility index (Phi) is 5.42. The van der Waals surface area contributed by atoms with Crippen molar-refractivity contribution >= 4 is 47.2 Å². The van der Waals surface area contributed by atoms with Crippen molar-refractivity contribution in [3.05, 3.63) is 77.6 Å². The summed E-state index contributed by atoms with van der Waals surface area (Å²) in [5.74, 6) is 0.922. The van der Waals surface area contributed by atoms with E-state index in [0.29, 0.717) is 0 Å². The zero-order valence-corrected chi connectivity index (χ0v) is 13.5. The van der Waals surface area contributed by atoms with Crippen LogP contribution in [0, 0.1) is 0 Å². The average molecular weight is 331 g/mol. The molecule has 0 amide bonds. The minimum Gasteiger partial charge on any atom is -0.321 e. The van der Waals surface area contributed by atoms with Crippen LogP contribution in [0.4, 0.5) is 0 Å². The normalized spacial score (nSPS) is 10.8. The van der Waals surface area contributed by atoms with Gasteiger partial charge in [0.25, 0.3) is 0 Å². The fourth-order valence-electron chi connectivity index (χ4n) is 2.29. The van der Waals surface area contributed by atoms with Crippen molar-refractivity contribution in [2.45, 2.75) is 6.54 Å². The highest BCUT2D eigenvalue weighted by Crippen LogP contribution is 2.18. The lowest BCUT2D eigenvalue weighted by atomic mass is 10.2. The first-order valence-corrected chi connectivity index (χ1v) is 7.15. The molecule has 2 nitrogen and oxygen atoms in total. The van der Waals surface area contributed by atoms with Crippen LogP contribution in [0.25, 0.3) is 23.2 Å². The Hall–Kier alpha value is -2.03. The second-order valence-electron chi connectivity index (χ2n) is 4.74. The summed E-state index contributed by atoms with van der Waals surface area (Å²) in [6, 6.07) is 15.9. The molecule has 0 aliphatic rings. The number of rotatable bonds is 4. The van der Waals surface area contributed by atoms with Gasteiger partial charge in [-0.15, -0.1) is 19.0 Å². The van der Waals surface area contributed by atoms with Crippen LogP contribution in [0.5, 0.6) is 0 Å². The predicted molar refractivity (Wildman–Crippen MR) is 97.6 cm³/mol. The molecule has 4 heteroatoms. The fraction of sp³-hybridized carbons (Fsp3) is 0.0556. The molecule has 3 aromatic rings. The van der Waals surface area contributed by atoms with Gasteiger partial charge in [0.1, 0.15) is 5.82 Å². The van der Waals surface area contributed by atoms with Crippen molar-refractivity contribution < 1.29 is 0 Å². The summed E-state index contributed by atoms with van der Waals surface area (Å²) >= 11 is 5.90. The third kappa shape index (κ3) is 3.41. The summed E-state index contributed by atoms with van der Waals surface area (Å²) in [5.41, 5.74) is 3.21. The SMILES string of the molecule is C=CCn1c(C=Cc2ccc(Cl)cc2)nc2ccccc21.Cl. The van der Waals surface area contributed by atoms with Crippen molar-refractivity contribution in [3.63, 3.8) is 0 Å². The van der Waals surface area contributed by atoms with E-state index in [1.54, 1.807) is 0 Å². The molecular formula is C18H16Cl2N2. The lowest BCUT2D eigenvalue weighted by molar-refractivity contribution is 0.839. The lowest BCUT2D eigenvalue weighted by Crippen LogP contribution is -1.97. The van der Waals surface area contributed by atoms with Gasteiger partial charge in [-0.3, -0.25) is 0 Å². The zero-order chi connectivity index (χ0) is 14.7. The summed E-state index contributed by atoms with van der Waals surface area (Å²) in [4.78, 5) is 4.67. The Bertz CT molecular complexity index is 802. The van der Waals surface area contributed by atoms with Gasteiger partial charge in [-0.05, 0) is 35.9 Å². The van der Waals surface area contributed by atoms with Crippen molar-refractivity contribution in [1.82, 2.24) is 9.55 Å². The molecule has 2 aromatic carbocycles. The predicted octanol–water partition coefficient (Wildman–Crippen LogP) is 5.47. The van der Waals surface area contributed by atoms with Crippen molar-refractivity contribution in [2.24, 2.45) is 0 Å². The second-order valence-corrected chi connectivity index (χ2v) is 5.18. The first-order valence-electron chi connectivity index (χ1n) is 6.78. The quantitative estimate of drug-likeness (QED) is 0.580. The minimum atomic E-state index is 0. The van der Waals surface area contributed by atoms with Gasteiger partial charge in [-0.1, -0.05) is 48.0 Å². The second kappa shape index (κ2) is 7.30. The molecule has 1 aromatic heterocycles. The lowest BCUT2D eigenvalue weighted by Gasteiger charge is -2.02. The van der Waals surface area contributed by atoms with E-state index in [2.05, 4.69) is 22.2 Å². The minimum absolute atomic E-state index is 0. The van der Waals surface area contributed by atoms with E-state index < -0.39 is 0 Å². The Morgan fingerprint density at radius 2 is 1.77 bits per heavy atom. The Balaban J connectivity index is 0.00000176. The van der Waals surface area contributed by atoms with Crippen LogP contribution >= 0.6 is 24.0 Å². The Labute approximate surface area is 141 Å². The number of halogens is 2. The molecule has 0 unspecified atom stereocenters. The third-order valence-electron chi connectivity index (χ3n) is 3.29. The van der Waals surface area contributed by atoms with Crippen LogP contribution in [-0.4, -0.2) is 9.55 Å². The molecule has 0 aliphatic carbocycles. The van der Waals surface area contributed by atoms with Gasteiger partial charge >= 0.3 is 0 Å². The van der Waals surface area contributed by atoms with Crippen LogP contribution in [0.15, 0.2) is 61.2 Å². The number of allylic oxidation sites excluding steroid dienone is 1. The fourth-order valence-corrected chi connectivity index (χ4v) is 2.41. The van der Waals surface area contributed by atoms with E-state index in [1.807, 2.05) is 60.7 Å². The molecule has 0 atom stereocenters. The first kappa shape index (κ1) is 16.3. The molecule has 3 rings (SSSR count). The topological polar surface area (TPSA) is 17.8 Å². The van der Waals surface area contributed by atoms with Crippen LogP contribution in [0.2, 0.25) is 5.02 Å². The molecule has 0 saturated carbocycles. The molecule has 22 heavy (non-hydrogen) atoms. The Morgan fingerprint density at radius 1 is 1.05 bits per heavy atom. The summed E-state index contributed by atoms with van der Waals surface area (Å²) < 4.78 is 2.15. The number of hydrogen-bond acceptors (Lipinski definition) is 1. The zero-order valence-electron chi connectivity index (χ0n) is 11.9. The maximum atomic E-state index is 5.90. The molecule has 0 bridgehead atoms. The average Bonchev–Trinajstić information content (AvgIpc) is 2.85. The smallest absolute Gasteiger partial charge is 0.134 e. The van der Waals surface area contributed by atoms with E-state index in [9.17, 15) is 0 Å². The van der Waals surface area contributed by atoms with E-state index in [0.717, 1.165) is 34.0 Å². The van der Waals surface area contributed by atoms with Gasteiger partial charge in [0.2, 0.25) is 0 Å². The maximum Gasteiger partial charge on any atom is 0.134 e. The number of para-hydroxylation sites is 2. The third-order valence-corrected chi connectivity index (χ3v) is 3.54. The highest BCUT2D eigenvalue weighted by Gasteiger charge is 2.06. The van der Waals surface area contributed by atoms with Gasteiger partial charge in [0, 0.05) is 11.6 Å². The molecule has 112 valence electrons. The number of fused-ring (bicyclic) bond motifs is 1. The van der Waals surface area contributed by atoms with Crippen molar-refractivity contribution in [1.29, 1.82) is 0 Å². The van der Waals surface area contributed by atoms with Crippen LogP contribution < -0.4 is 0 Å². The molecule has 0 N–H and O–H groups in total. The molecule has 0 aliphatic heterocycles. The number of imidazole rings is 1. The standard InChI is InChI=1S/C18H15ClN2.ClH/c1-2-13-21-17-6-4-3-5-16(17)20-18(21)12-9-14-7-10-15(19)11-8-14;/h2-12H,1,13H2;1H. The van der Waals surface area contributed by atoms with Gasteiger partial charge in [-0.2, -0.15) is 0 Å². The largest absolute Gasteiger partial charge is 0.321 e. The Morgan fingerprint density at radius 3 is 2.50 bits per heavy atom. The van der Waals surface area contributed by atoms with Crippen LogP contribution in [0.1, 0.15) is 11.4 Å². The molecule has 0 fully saturated rings. The highest BCUT2D eigenvalue weighted by atomic mass is 35.5. The van der Waals surface area contributed by atoms with E-state index >= 15 is 0 Å². The van der Waals surface area contributed by atoms with Gasteiger partial charge in [-0.25, -0.2) is 4.98 Å². The highest BCUT2D eigenvalue weighted by molar-refractivity contribution is 6.30. The monoisotopic (exact) mass is 330 g/mol. The van der Waals surface area contributed by atoms with E-state index in [1.165, 1.54) is 0 Å². The van der Waals surface area contributed by atoms with Gasteiger partial charge in [0.15, 0.2) is 0 Å². The number of benzene rings is 2. The molecule has 0 spiro atoms. The summed E-state index contributed by atoms with van der Waals surface area (Å²) in [6.07, 6.45) is 5.94. The van der Waals surface area contributed by atoms with Gasteiger partial charge in [0.05, 0.1) is 11.0 Å².